The normalized spacial score (nSPS) is 13.2. The summed E-state index contributed by atoms with van der Waals surface area (Å²) in [5, 5.41) is 17.9. The minimum atomic E-state index is -3.89. The number of sulfonamides is 1. The van der Waals surface area contributed by atoms with Gasteiger partial charge in [0.25, 0.3) is 0 Å². The zero-order valence-corrected chi connectivity index (χ0v) is 12.5. The summed E-state index contributed by atoms with van der Waals surface area (Å²) in [4.78, 5) is 10.7. The standard InChI is InChI=1S/C11H14BrNO5S/c1-2-8(6-14)13-19(17,18)10-5-7(11(15)16)3-4-9(10)12/h3-5,8,13-14H,2,6H2,1H3,(H,15,16). The summed E-state index contributed by atoms with van der Waals surface area (Å²) in [6, 6.07) is 3.12. The van der Waals surface area contributed by atoms with Gasteiger partial charge >= 0.3 is 5.97 Å². The highest BCUT2D eigenvalue weighted by Crippen LogP contribution is 2.23. The third-order valence-electron chi connectivity index (χ3n) is 2.50. The number of nitrogens with one attached hydrogen (secondary N) is 1. The zero-order valence-electron chi connectivity index (χ0n) is 10.1. The number of carboxylic acid groups (broad SMARTS) is 1. The Hall–Kier alpha value is -0.960. The first-order valence-electron chi connectivity index (χ1n) is 5.47. The van der Waals surface area contributed by atoms with Gasteiger partial charge in [0.2, 0.25) is 10.0 Å². The molecule has 6 nitrogen and oxygen atoms in total. The van der Waals surface area contributed by atoms with E-state index in [2.05, 4.69) is 20.7 Å². The van der Waals surface area contributed by atoms with Crippen LogP contribution in [0.2, 0.25) is 0 Å². The third kappa shape index (κ3) is 4.00. The minimum absolute atomic E-state index is 0.124. The van der Waals surface area contributed by atoms with Gasteiger partial charge in [-0.05, 0) is 40.5 Å². The molecule has 1 unspecified atom stereocenters. The number of benzene rings is 1. The highest BCUT2D eigenvalue weighted by molar-refractivity contribution is 9.10. The van der Waals surface area contributed by atoms with E-state index in [1.165, 1.54) is 12.1 Å². The van der Waals surface area contributed by atoms with Gasteiger partial charge in [-0.25, -0.2) is 17.9 Å². The molecule has 3 N–H and O–H groups in total. The molecule has 0 saturated carbocycles. The molecule has 0 aliphatic rings. The molecule has 0 spiro atoms. The Morgan fingerprint density at radius 2 is 2.11 bits per heavy atom. The monoisotopic (exact) mass is 351 g/mol. The van der Waals surface area contributed by atoms with E-state index in [9.17, 15) is 13.2 Å². The van der Waals surface area contributed by atoms with E-state index < -0.39 is 22.0 Å². The number of hydrogen-bond acceptors (Lipinski definition) is 4. The summed E-state index contributed by atoms with van der Waals surface area (Å²) in [5.74, 6) is -1.21. The second-order valence-corrected chi connectivity index (χ2v) is 6.40. The van der Waals surface area contributed by atoms with Crippen molar-refractivity contribution in [3.63, 3.8) is 0 Å². The molecule has 0 aliphatic heterocycles. The zero-order chi connectivity index (χ0) is 14.6. The molecule has 1 aromatic rings. The van der Waals surface area contributed by atoms with Crippen molar-refractivity contribution >= 4 is 31.9 Å². The van der Waals surface area contributed by atoms with Crippen molar-refractivity contribution in [2.45, 2.75) is 24.3 Å². The molecular formula is C11H14BrNO5S. The number of carbonyl (C=O) groups is 1. The number of aliphatic hydroxyl groups excluding tert-OH is 1. The van der Waals surface area contributed by atoms with Crippen LogP contribution in [-0.4, -0.2) is 37.2 Å². The van der Waals surface area contributed by atoms with Crippen molar-refractivity contribution in [1.29, 1.82) is 0 Å². The summed E-state index contributed by atoms with van der Waals surface area (Å²) >= 11 is 3.07. The Balaban J connectivity index is 3.20. The Bertz CT molecular complexity index is 568. The predicted octanol–water partition coefficient (Wildman–Crippen LogP) is 1.20. The summed E-state index contributed by atoms with van der Waals surface area (Å²) in [5.41, 5.74) is -0.124. The Morgan fingerprint density at radius 1 is 1.47 bits per heavy atom. The molecular weight excluding hydrogens is 338 g/mol. The SMILES string of the molecule is CCC(CO)NS(=O)(=O)c1cc(C(=O)O)ccc1Br. The number of halogens is 1. The molecule has 0 heterocycles. The van der Waals surface area contributed by atoms with Crippen LogP contribution in [0.3, 0.4) is 0 Å². The van der Waals surface area contributed by atoms with Crippen LogP contribution in [0.15, 0.2) is 27.6 Å². The fourth-order valence-corrected chi connectivity index (χ4v) is 3.67. The lowest BCUT2D eigenvalue weighted by Gasteiger charge is -2.15. The Morgan fingerprint density at radius 3 is 2.58 bits per heavy atom. The van der Waals surface area contributed by atoms with Crippen LogP contribution < -0.4 is 4.72 Å². The lowest BCUT2D eigenvalue weighted by atomic mass is 10.2. The number of carboxylic acids is 1. The van der Waals surface area contributed by atoms with E-state index in [0.29, 0.717) is 6.42 Å². The second kappa shape index (κ2) is 6.47. The predicted molar refractivity (Wildman–Crippen MR) is 72.6 cm³/mol. The van der Waals surface area contributed by atoms with Crippen molar-refractivity contribution in [2.24, 2.45) is 0 Å². The molecule has 1 atom stereocenters. The van der Waals surface area contributed by atoms with Crippen LogP contribution in [-0.2, 0) is 10.0 Å². The van der Waals surface area contributed by atoms with E-state index in [1.807, 2.05) is 0 Å². The molecule has 106 valence electrons. The molecule has 8 heteroatoms. The molecule has 0 fully saturated rings. The van der Waals surface area contributed by atoms with Crippen molar-refractivity contribution in [2.75, 3.05) is 6.61 Å². The number of aromatic carboxylic acids is 1. The summed E-state index contributed by atoms with van der Waals surface area (Å²) in [7, 11) is -3.89. The highest BCUT2D eigenvalue weighted by atomic mass is 79.9. The molecule has 0 radical (unpaired) electrons. The van der Waals surface area contributed by atoms with E-state index in [4.69, 9.17) is 10.2 Å². The summed E-state index contributed by atoms with van der Waals surface area (Å²) < 4.78 is 26.8. The van der Waals surface area contributed by atoms with Crippen molar-refractivity contribution < 1.29 is 23.4 Å². The van der Waals surface area contributed by atoms with Gasteiger partial charge < -0.3 is 10.2 Å². The van der Waals surface area contributed by atoms with Gasteiger partial charge in [0.05, 0.1) is 17.1 Å². The summed E-state index contributed by atoms with van der Waals surface area (Å²) in [6.07, 6.45) is 0.423. The van der Waals surface area contributed by atoms with E-state index in [0.717, 1.165) is 6.07 Å². The van der Waals surface area contributed by atoms with E-state index in [-0.39, 0.29) is 21.5 Å². The van der Waals surface area contributed by atoms with Gasteiger partial charge in [-0.3, -0.25) is 0 Å². The maximum absolute atomic E-state index is 12.1. The lowest BCUT2D eigenvalue weighted by molar-refractivity contribution is 0.0696. The van der Waals surface area contributed by atoms with Gasteiger partial charge in [-0.15, -0.1) is 0 Å². The van der Waals surface area contributed by atoms with Crippen molar-refractivity contribution in [3.05, 3.63) is 28.2 Å². The average Bonchev–Trinajstić information content (AvgIpc) is 2.35. The topological polar surface area (TPSA) is 104 Å². The molecule has 0 bridgehead atoms. The summed E-state index contributed by atoms with van der Waals surface area (Å²) in [6.45, 7) is 1.40. The second-order valence-electron chi connectivity index (χ2n) is 3.86. The molecule has 19 heavy (non-hydrogen) atoms. The van der Waals surface area contributed by atoms with Gasteiger partial charge in [0.1, 0.15) is 0 Å². The molecule has 0 saturated heterocycles. The van der Waals surface area contributed by atoms with Gasteiger partial charge in [-0.2, -0.15) is 0 Å². The fourth-order valence-electron chi connectivity index (χ4n) is 1.37. The first-order chi connectivity index (χ1) is 8.81. The fraction of sp³-hybridized carbons (Fsp3) is 0.364. The molecule has 0 aliphatic carbocycles. The number of rotatable bonds is 6. The maximum atomic E-state index is 12.1. The lowest BCUT2D eigenvalue weighted by Crippen LogP contribution is -2.37. The van der Waals surface area contributed by atoms with Gasteiger partial charge in [0.15, 0.2) is 0 Å². The molecule has 0 amide bonds. The van der Waals surface area contributed by atoms with E-state index in [1.54, 1.807) is 6.92 Å². The van der Waals surface area contributed by atoms with Crippen LogP contribution >= 0.6 is 15.9 Å². The Kier molecular flexibility index (Phi) is 5.48. The van der Waals surface area contributed by atoms with Gasteiger partial charge in [0, 0.05) is 10.5 Å². The van der Waals surface area contributed by atoms with Crippen LogP contribution in [0, 0.1) is 0 Å². The quantitative estimate of drug-likeness (QED) is 0.714. The number of hydrogen-bond donors (Lipinski definition) is 3. The first kappa shape index (κ1) is 16.1. The molecule has 0 aromatic heterocycles. The highest BCUT2D eigenvalue weighted by Gasteiger charge is 2.22. The van der Waals surface area contributed by atoms with Crippen molar-refractivity contribution in [1.82, 2.24) is 4.72 Å². The number of aliphatic hydroxyl groups is 1. The van der Waals surface area contributed by atoms with Crippen LogP contribution in [0.4, 0.5) is 0 Å². The smallest absolute Gasteiger partial charge is 0.335 e. The first-order valence-corrected chi connectivity index (χ1v) is 7.75. The molecule has 1 rings (SSSR count). The largest absolute Gasteiger partial charge is 0.478 e. The van der Waals surface area contributed by atoms with Crippen LogP contribution in [0.5, 0.6) is 0 Å². The van der Waals surface area contributed by atoms with Gasteiger partial charge in [-0.1, -0.05) is 6.92 Å². The van der Waals surface area contributed by atoms with Crippen LogP contribution in [0.1, 0.15) is 23.7 Å². The average molecular weight is 352 g/mol. The van der Waals surface area contributed by atoms with Crippen molar-refractivity contribution in [3.8, 4) is 0 Å². The molecule has 1 aromatic carbocycles. The van der Waals surface area contributed by atoms with Crippen LogP contribution in [0.25, 0.3) is 0 Å². The third-order valence-corrected chi connectivity index (χ3v) is 5.02. The maximum Gasteiger partial charge on any atom is 0.335 e. The Labute approximate surface area is 119 Å². The van der Waals surface area contributed by atoms with E-state index >= 15 is 0 Å². The minimum Gasteiger partial charge on any atom is -0.478 e.